The summed E-state index contributed by atoms with van der Waals surface area (Å²) in [7, 11) is -3.57. The van der Waals surface area contributed by atoms with E-state index in [1.165, 1.54) is 48.5 Å². The van der Waals surface area contributed by atoms with Crippen LogP contribution in [0, 0.1) is 10.1 Å². The van der Waals surface area contributed by atoms with Crippen LogP contribution in [0.15, 0.2) is 53.4 Å². The monoisotopic (exact) mass is 363 g/mol. The minimum Gasteiger partial charge on any atom is -0.322 e. The van der Waals surface area contributed by atoms with E-state index in [2.05, 4.69) is 10.0 Å². The Balaban J connectivity index is 2.12. The molecule has 132 valence electrons. The van der Waals surface area contributed by atoms with E-state index in [4.69, 9.17) is 0 Å². The highest BCUT2D eigenvalue weighted by atomic mass is 32.2. The predicted molar refractivity (Wildman–Crippen MR) is 93.0 cm³/mol. The minimum atomic E-state index is -3.57. The third-order valence-electron chi connectivity index (χ3n) is 3.28. The predicted octanol–water partition coefficient (Wildman–Crippen LogP) is 2.54. The third-order valence-corrected chi connectivity index (χ3v) is 4.76. The molecule has 0 bridgehead atoms. The fourth-order valence-electron chi connectivity index (χ4n) is 2.00. The highest BCUT2D eigenvalue weighted by Gasteiger charge is 2.14. The Labute approximate surface area is 145 Å². The number of nitrogens with one attached hydrogen (secondary N) is 2. The van der Waals surface area contributed by atoms with Crippen molar-refractivity contribution in [2.75, 3.05) is 11.9 Å². The molecule has 2 N–H and O–H groups in total. The van der Waals surface area contributed by atoms with Gasteiger partial charge in [-0.3, -0.25) is 14.9 Å². The summed E-state index contributed by atoms with van der Waals surface area (Å²) < 4.78 is 26.4. The molecule has 0 saturated carbocycles. The summed E-state index contributed by atoms with van der Waals surface area (Å²) in [5.74, 6) is -0.525. The van der Waals surface area contributed by atoms with Gasteiger partial charge in [-0.15, -0.1) is 0 Å². The highest BCUT2D eigenvalue weighted by molar-refractivity contribution is 7.89. The van der Waals surface area contributed by atoms with E-state index in [1.54, 1.807) is 0 Å². The van der Waals surface area contributed by atoms with Crippen LogP contribution in [0.3, 0.4) is 0 Å². The third kappa shape index (κ3) is 4.85. The summed E-state index contributed by atoms with van der Waals surface area (Å²) in [6.45, 7) is 2.20. The molecular weight excluding hydrogens is 346 g/mol. The van der Waals surface area contributed by atoms with Gasteiger partial charge in [0.1, 0.15) is 0 Å². The van der Waals surface area contributed by atoms with Crippen LogP contribution in [0.4, 0.5) is 11.4 Å². The van der Waals surface area contributed by atoms with Gasteiger partial charge in [0.25, 0.3) is 11.6 Å². The van der Waals surface area contributed by atoms with Crippen LogP contribution in [0.25, 0.3) is 0 Å². The quantitative estimate of drug-likeness (QED) is 0.579. The molecular formula is C16H17N3O5S. The molecule has 0 spiro atoms. The van der Waals surface area contributed by atoms with E-state index in [9.17, 15) is 23.3 Å². The number of carbonyl (C=O) groups excluding carboxylic acids is 1. The summed E-state index contributed by atoms with van der Waals surface area (Å²) in [6, 6.07) is 11.0. The molecule has 0 radical (unpaired) electrons. The Morgan fingerprint density at radius 1 is 1.16 bits per heavy atom. The molecule has 0 heterocycles. The van der Waals surface area contributed by atoms with E-state index >= 15 is 0 Å². The molecule has 1 amide bonds. The van der Waals surface area contributed by atoms with Gasteiger partial charge < -0.3 is 5.32 Å². The average molecular weight is 363 g/mol. The Bertz CT molecular complexity index is 879. The Morgan fingerprint density at radius 3 is 2.44 bits per heavy atom. The maximum atomic E-state index is 12.1. The second-order valence-corrected chi connectivity index (χ2v) is 6.95. The van der Waals surface area contributed by atoms with Gasteiger partial charge in [-0.05, 0) is 36.8 Å². The lowest BCUT2D eigenvalue weighted by molar-refractivity contribution is -0.384. The van der Waals surface area contributed by atoms with E-state index in [0.29, 0.717) is 18.7 Å². The fourth-order valence-corrected chi connectivity index (χ4v) is 3.14. The number of carbonyl (C=O) groups is 1. The van der Waals surface area contributed by atoms with Crippen LogP contribution >= 0.6 is 0 Å². The number of non-ortho nitro benzene ring substituents is 1. The van der Waals surface area contributed by atoms with Gasteiger partial charge in [-0.2, -0.15) is 0 Å². The summed E-state index contributed by atoms with van der Waals surface area (Å²) >= 11 is 0. The van der Waals surface area contributed by atoms with Crippen molar-refractivity contribution in [3.63, 3.8) is 0 Å². The van der Waals surface area contributed by atoms with Gasteiger partial charge in [0.05, 0.1) is 9.82 Å². The molecule has 0 aromatic heterocycles. The van der Waals surface area contributed by atoms with E-state index in [-0.39, 0.29) is 16.1 Å². The lowest BCUT2D eigenvalue weighted by Gasteiger charge is -2.08. The zero-order chi connectivity index (χ0) is 18.4. The Morgan fingerprint density at radius 2 is 1.84 bits per heavy atom. The zero-order valence-electron chi connectivity index (χ0n) is 13.4. The SMILES string of the molecule is CCCNS(=O)(=O)c1ccc(NC(=O)c2cccc([N+](=O)[O-])c2)cc1. The Hall–Kier alpha value is -2.78. The number of amides is 1. The van der Waals surface area contributed by atoms with Crippen LogP contribution in [0.5, 0.6) is 0 Å². The van der Waals surface area contributed by atoms with Crippen molar-refractivity contribution < 1.29 is 18.1 Å². The fraction of sp³-hybridized carbons (Fsp3) is 0.188. The number of rotatable bonds is 7. The Kier molecular flexibility index (Phi) is 5.84. The van der Waals surface area contributed by atoms with Crippen molar-refractivity contribution in [1.29, 1.82) is 0 Å². The first kappa shape index (κ1) is 18.6. The van der Waals surface area contributed by atoms with E-state index in [1.807, 2.05) is 6.92 Å². The second-order valence-electron chi connectivity index (χ2n) is 5.18. The number of nitrogens with zero attached hydrogens (tertiary/aromatic N) is 1. The summed E-state index contributed by atoms with van der Waals surface area (Å²) in [5.41, 5.74) is 0.331. The molecule has 9 heteroatoms. The molecule has 0 aliphatic rings. The largest absolute Gasteiger partial charge is 0.322 e. The molecule has 25 heavy (non-hydrogen) atoms. The normalized spacial score (nSPS) is 11.1. The first-order valence-corrected chi connectivity index (χ1v) is 8.97. The average Bonchev–Trinajstić information content (AvgIpc) is 2.60. The molecule has 0 unspecified atom stereocenters. The van der Waals surface area contributed by atoms with Gasteiger partial charge in [0.2, 0.25) is 10.0 Å². The molecule has 0 fully saturated rings. The molecule has 0 aliphatic heterocycles. The summed E-state index contributed by atoms with van der Waals surface area (Å²) in [6.07, 6.45) is 0.677. The lowest BCUT2D eigenvalue weighted by Crippen LogP contribution is -2.24. The van der Waals surface area contributed by atoms with Gasteiger partial charge in [0, 0.05) is 29.9 Å². The van der Waals surface area contributed by atoms with Gasteiger partial charge >= 0.3 is 0 Å². The molecule has 0 atom stereocenters. The number of nitro groups is 1. The standard InChI is InChI=1S/C16H17N3O5S/c1-2-10-17-25(23,24)15-8-6-13(7-9-15)18-16(20)12-4-3-5-14(11-12)19(21)22/h3-9,11,17H,2,10H2,1H3,(H,18,20). The zero-order valence-corrected chi connectivity index (χ0v) is 14.2. The first-order valence-electron chi connectivity index (χ1n) is 7.49. The summed E-state index contributed by atoms with van der Waals surface area (Å²) in [4.78, 5) is 22.4. The number of nitro benzene ring substituents is 1. The summed E-state index contributed by atoms with van der Waals surface area (Å²) in [5, 5.41) is 13.3. The van der Waals surface area contributed by atoms with Crippen LogP contribution < -0.4 is 10.0 Å². The molecule has 2 aromatic carbocycles. The molecule has 2 aromatic rings. The van der Waals surface area contributed by atoms with Crippen molar-refractivity contribution in [3.8, 4) is 0 Å². The smallest absolute Gasteiger partial charge is 0.270 e. The van der Waals surface area contributed by atoms with E-state index in [0.717, 1.165) is 0 Å². The number of hydrogen-bond acceptors (Lipinski definition) is 5. The number of benzene rings is 2. The van der Waals surface area contributed by atoms with Crippen molar-refractivity contribution in [2.24, 2.45) is 0 Å². The molecule has 8 nitrogen and oxygen atoms in total. The number of sulfonamides is 1. The van der Waals surface area contributed by atoms with Gasteiger partial charge in [0.15, 0.2) is 0 Å². The van der Waals surface area contributed by atoms with Gasteiger partial charge in [-0.25, -0.2) is 13.1 Å². The van der Waals surface area contributed by atoms with Crippen LogP contribution in [0.2, 0.25) is 0 Å². The van der Waals surface area contributed by atoms with Crippen LogP contribution in [-0.4, -0.2) is 25.8 Å². The lowest BCUT2D eigenvalue weighted by atomic mass is 10.2. The first-order chi connectivity index (χ1) is 11.8. The van der Waals surface area contributed by atoms with Crippen molar-refractivity contribution in [1.82, 2.24) is 4.72 Å². The number of anilines is 1. The van der Waals surface area contributed by atoms with Gasteiger partial charge in [-0.1, -0.05) is 13.0 Å². The highest BCUT2D eigenvalue weighted by Crippen LogP contribution is 2.17. The maximum Gasteiger partial charge on any atom is 0.270 e. The molecule has 0 saturated heterocycles. The minimum absolute atomic E-state index is 0.0919. The van der Waals surface area contributed by atoms with Crippen molar-refractivity contribution in [2.45, 2.75) is 18.2 Å². The van der Waals surface area contributed by atoms with Crippen LogP contribution in [0.1, 0.15) is 23.7 Å². The maximum absolute atomic E-state index is 12.1. The van der Waals surface area contributed by atoms with Crippen molar-refractivity contribution >= 4 is 27.3 Å². The van der Waals surface area contributed by atoms with Crippen LogP contribution in [-0.2, 0) is 10.0 Å². The molecule has 2 rings (SSSR count). The number of hydrogen-bond donors (Lipinski definition) is 2. The second kappa shape index (κ2) is 7.86. The topological polar surface area (TPSA) is 118 Å². The van der Waals surface area contributed by atoms with Crippen molar-refractivity contribution in [3.05, 3.63) is 64.2 Å². The van der Waals surface area contributed by atoms with E-state index < -0.39 is 20.9 Å². The molecule has 0 aliphatic carbocycles.